The van der Waals surface area contributed by atoms with Crippen molar-refractivity contribution in [3.63, 3.8) is 0 Å². The summed E-state index contributed by atoms with van der Waals surface area (Å²) in [6.07, 6.45) is 1.36. The molecule has 54 heavy (non-hydrogen) atoms. The Morgan fingerprint density at radius 1 is 0.593 bits per heavy atom. The molecule has 6 aromatic rings. The largest absolute Gasteiger partial charge is 0.424 e. The quantitative estimate of drug-likeness (QED) is 0.249. The third-order valence-electron chi connectivity index (χ3n) is 9.24. The fourth-order valence-corrected chi connectivity index (χ4v) is 6.32. The van der Waals surface area contributed by atoms with E-state index in [-0.39, 0.29) is 23.9 Å². The highest BCUT2D eigenvalue weighted by molar-refractivity contribution is 5.84. The van der Waals surface area contributed by atoms with Crippen molar-refractivity contribution in [1.82, 2.24) is 70.3 Å². The van der Waals surface area contributed by atoms with Crippen molar-refractivity contribution in [3.8, 4) is 0 Å². The molecule has 0 spiro atoms. The number of aryl methyl sites for hydroxylation is 2. The van der Waals surface area contributed by atoms with Crippen LogP contribution in [0.4, 0.5) is 11.6 Å². The first kappa shape index (κ1) is 37.1. The van der Waals surface area contributed by atoms with Gasteiger partial charge in [-0.15, -0.1) is 30.6 Å². The lowest BCUT2D eigenvalue weighted by atomic mass is 9.95. The standard InChI is InChI=1S/2C17H24N8O2/c2*1-10-20-21-11(27-10)8-25-14-12(22-23-25)13(18-15(19-14)16(2,3)4)24-7-6-17(5,26)9-24/h2*26H,6-9H2,1-5H3/t2*17-/m10/s1. The predicted molar refractivity (Wildman–Crippen MR) is 195 cm³/mol. The molecule has 0 aliphatic carbocycles. The normalized spacial score (nSPS) is 20.7. The lowest BCUT2D eigenvalue weighted by Gasteiger charge is -2.23. The summed E-state index contributed by atoms with van der Waals surface area (Å²) >= 11 is 0. The van der Waals surface area contributed by atoms with Crippen LogP contribution in [0.5, 0.6) is 0 Å². The molecule has 0 unspecified atom stereocenters. The van der Waals surface area contributed by atoms with Crippen molar-refractivity contribution in [2.45, 2.75) is 117 Å². The second kappa shape index (κ2) is 13.3. The van der Waals surface area contributed by atoms with Crippen LogP contribution in [0, 0.1) is 13.8 Å². The summed E-state index contributed by atoms with van der Waals surface area (Å²) in [7, 11) is 0. The Labute approximate surface area is 311 Å². The van der Waals surface area contributed by atoms with E-state index in [1.54, 1.807) is 23.2 Å². The molecule has 20 heteroatoms. The number of fused-ring (bicyclic) bond motifs is 2. The van der Waals surface area contributed by atoms with Crippen molar-refractivity contribution in [2.75, 3.05) is 36.0 Å². The molecule has 2 saturated heterocycles. The Kier molecular flexibility index (Phi) is 9.10. The molecular weight excluding hydrogens is 696 g/mol. The van der Waals surface area contributed by atoms with Gasteiger partial charge in [-0.25, -0.2) is 29.3 Å². The minimum atomic E-state index is -0.740. The number of hydrogen-bond acceptors (Lipinski definition) is 18. The van der Waals surface area contributed by atoms with Gasteiger partial charge in [-0.2, -0.15) is 0 Å². The van der Waals surface area contributed by atoms with E-state index in [4.69, 9.17) is 28.8 Å². The van der Waals surface area contributed by atoms with Gasteiger partial charge in [0.25, 0.3) is 0 Å². The summed E-state index contributed by atoms with van der Waals surface area (Å²) in [5.41, 5.74) is 0.476. The van der Waals surface area contributed by atoms with E-state index in [2.05, 4.69) is 92.4 Å². The number of anilines is 2. The maximum atomic E-state index is 10.4. The van der Waals surface area contributed by atoms with E-state index in [0.29, 0.717) is 108 Å². The van der Waals surface area contributed by atoms with Gasteiger partial charge in [0.05, 0.1) is 11.2 Å². The number of rotatable bonds is 6. The number of hydrogen-bond donors (Lipinski definition) is 2. The van der Waals surface area contributed by atoms with Crippen molar-refractivity contribution in [3.05, 3.63) is 35.2 Å². The van der Waals surface area contributed by atoms with Crippen molar-refractivity contribution < 1.29 is 19.0 Å². The molecule has 0 amide bonds. The van der Waals surface area contributed by atoms with Crippen LogP contribution in [0.2, 0.25) is 0 Å². The van der Waals surface area contributed by atoms with Gasteiger partial charge in [-0.3, -0.25) is 0 Å². The summed E-state index contributed by atoms with van der Waals surface area (Å²) in [4.78, 5) is 23.1. The number of β-amino-alcohol motifs (C(OH)–C–C–N with tert-alkyl or cyclic N) is 2. The van der Waals surface area contributed by atoms with E-state index in [1.165, 1.54) is 0 Å². The molecule has 2 fully saturated rings. The van der Waals surface area contributed by atoms with Gasteiger partial charge >= 0.3 is 0 Å². The number of aliphatic hydroxyl groups is 2. The van der Waals surface area contributed by atoms with Crippen LogP contribution >= 0.6 is 0 Å². The summed E-state index contributed by atoms with van der Waals surface area (Å²) in [5.74, 6) is 4.69. The molecule has 2 aliphatic rings. The molecule has 20 nitrogen and oxygen atoms in total. The molecule has 288 valence electrons. The maximum Gasteiger partial charge on any atom is 0.238 e. The van der Waals surface area contributed by atoms with Crippen molar-refractivity contribution in [2.24, 2.45) is 0 Å². The molecule has 8 rings (SSSR count). The van der Waals surface area contributed by atoms with E-state index in [1.807, 2.05) is 13.8 Å². The fourth-order valence-electron chi connectivity index (χ4n) is 6.32. The van der Waals surface area contributed by atoms with E-state index < -0.39 is 11.2 Å². The van der Waals surface area contributed by atoms with Gasteiger partial charge in [-0.05, 0) is 26.7 Å². The second-order valence-electron chi connectivity index (χ2n) is 16.8. The second-order valence-corrected chi connectivity index (χ2v) is 16.8. The van der Waals surface area contributed by atoms with Crippen molar-refractivity contribution in [1.29, 1.82) is 0 Å². The Morgan fingerprint density at radius 3 is 1.28 bits per heavy atom. The third kappa shape index (κ3) is 7.70. The van der Waals surface area contributed by atoms with Crippen molar-refractivity contribution >= 4 is 34.0 Å². The number of nitrogens with zero attached hydrogens (tertiary/aromatic N) is 16. The Balaban J connectivity index is 0.000000167. The zero-order valence-corrected chi connectivity index (χ0v) is 32.5. The average Bonchev–Trinajstić information content (AvgIpc) is 3.94. The van der Waals surface area contributed by atoms with Crippen LogP contribution in [0.3, 0.4) is 0 Å². The summed E-state index contributed by atoms with van der Waals surface area (Å²) < 4.78 is 14.2. The Bertz CT molecular complexity index is 2130. The van der Waals surface area contributed by atoms with E-state index in [9.17, 15) is 10.2 Å². The first-order valence-corrected chi connectivity index (χ1v) is 18.0. The third-order valence-corrected chi connectivity index (χ3v) is 9.24. The minimum absolute atomic E-state index is 0.249. The van der Waals surface area contributed by atoms with Gasteiger partial charge in [0.2, 0.25) is 23.6 Å². The lowest BCUT2D eigenvalue weighted by molar-refractivity contribution is 0.0833. The highest BCUT2D eigenvalue weighted by Gasteiger charge is 2.36. The molecule has 2 N–H and O–H groups in total. The van der Waals surface area contributed by atoms with Crippen LogP contribution in [0.1, 0.15) is 103 Å². The summed E-state index contributed by atoms with van der Waals surface area (Å²) in [6, 6.07) is 0. The maximum absolute atomic E-state index is 10.4. The SMILES string of the molecule is Cc1nnc(Cn2nnc3c(N4CC[C@@](C)(O)C4)nc(C(C)(C)C)nc32)o1.Cc1nnc(Cn2nnc3c(N4CC[C@](C)(O)C4)nc(C(C)(C)C)nc32)o1. The molecule has 2 aliphatic heterocycles. The van der Waals surface area contributed by atoms with Crippen LogP contribution in [-0.4, -0.2) is 118 Å². The zero-order valence-electron chi connectivity index (χ0n) is 32.5. The molecule has 0 aromatic carbocycles. The summed E-state index contributed by atoms with van der Waals surface area (Å²) in [6.45, 7) is 22.5. The first-order chi connectivity index (χ1) is 25.2. The molecular formula is C34H48N16O4. The molecule has 0 bridgehead atoms. The first-order valence-electron chi connectivity index (χ1n) is 18.0. The Morgan fingerprint density at radius 2 is 0.981 bits per heavy atom. The van der Waals surface area contributed by atoms with Gasteiger partial charge in [0, 0.05) is 50.9 Å². The van der Waals surface area contributed by atoms with Crippen LogP contribution in [0.15, 0.2) is 8.83 Å². The van der Waals surface area contributed by atoms with Crippen LogP contribution < -0.4 is 9.80 Å². The molecule has 0 radical (unpaired) electrons. The monoisotopic (exact) mass is 744 g/mol. The van der Waals surface area contributed by atoms with Gasteiger partial charge < -0.3 is 28.8 Å². The topological polar surface area (TPSA) is 238 Å². The fraction of sp³-hybridized carbons (Fsp3) is 0.647. The van der Waals surface area contributed by atoms with Gasteiger partial charge in [-0.1, -0.05) is 52.0 Å². The van der Waals surface area contributed by atoms with E-state index in [0.717, 1.165) is 0 Å². The van der Waals surface area contributed by atoms with Crippen LogP contribution in [0.25, 0.3) is 22.3 Å². The molecule has 6 aromatic heterocycles. The predicted octanol–water partition coefficient (Wildman–Crippen LogP) is 2.44. The average molecular weight is 745 g/mol. The van der Waals surface area contributed by atoms with Gasteiger partial charge in [0.1, 0.15) is 24.7 Å². The molecule has 8 heterocycles. The smallest absolute Gasteiger partial charge is 0.238 e. The van der Waals surface area contributed by atoms with Gasteiger partial charge in [0.15, 0.2) is 34.0 Å². The van der Waals surface area contributed by atoms with E-state index >= 15 is 0 Å². The highest BCUT2D eigenvalue weighted by Crippen LogP contribution is 2.33. The Hall–Kier alpha value is -5.24. The highest BCUT2D eigenvalue weighted by atomic mass is 16.4. The molecule has 2 atom stereocenters. The zero-order chi connectivity index (χ0) is 38.8. The summed E-state index contributed by atoms with van der Waals surface area (Å²) in [5, 5.41) is 53.6. The molecule has 0 saturated carbocycles. The van der Waals surface area contributed by atoms with Crippen LogP contribution in [-0.2, 0) is 23.9 Å². The minimum Gasteiger partial charge on any atom is -0.424 e. The number of aromatic nitrogens is 14. The lowest BCUT2D eigenvalue weighted by Crippen LogP contribution is -2.31.